The smallest absolute Gasteiger partial charge is 0.323 e. The maximum Gasteiger partial charge on any atom is 0.323 e. The van der Waals surface area contributed by atoms with Crippen molar-refractivity contribution in [2.45, 2.75) is 70.9 Å². The molecule has 1 unspecified atom stereocenters. The van der Waals surface area contributed by atoms with E-state index >= 15 is 0 Å². The summed E-state index contributed by atoms with van der Waals surface area (Å²) in [5.74, 6) is -0.739. The third-order valence-corrected chi connectivity index (χ3v) is 3.93. The van der Waals surface area contributed by atoms with Gasteiger partial charge in [-0.15, -0.1) is 0 Å². The first kappa shape index (κ1) is 16.4. The summed E-state index contributed by atoms with van der Waals surface area (Å²) in [6.07, 6.45) is 6.91. The minimum atomic E-state index is -0.792. The van der Waals surface area contributed by atoms with Gasteiger partial charge in [-0.3, -0.25) is 10.1 Å². The molecule has 0 saturated carbocycles. The molecule has 1 atom stereocenters. The highest BCUT2D eigenvalue weighted by Gasteiger charge is 2.32. The largest absolute Gasteiger partial charge is 0.480 e. The maximum absolute atomic E-state index is 11.4. The molecule has 0 bridgehead atoms. The topological polar surface area (TPSA) is 52.6 Å². The van der Waals surface area contributed by atoms with Crippen LogP contribution in [-0.4, -0.2) is 47.2 Å². The molecular weight excluding hydrogens is 240 g/mol. The van der Waals surface area contributed by atoms with Gasteiger partial charge in [0.25, 0.3) is 0 Å². The number of hydrogen-bond acceptors (Lipinski definition) is 3. The normalized spacial score (nSPS) is 21.1. The Bertz CT molecular complexity index is 273. The van der Waals surface area contributed by atoms with E-state index in [4.69, 9.17) is 0 Å². The van der Waals surface area contributed by atoms with E-state index in [1.807, 2.05) is 13.8 Å². The summed E-state index contributed by atoms with van der Waals surface area (Å²) in [5, 5.41) is 12.6. The maximum atomic E-state index is 11.4. The standard InChI is InChI=1S/C15H30N2O2/c1-13(2)16-15(3,14(18)19)9-8-12-17-10-6-4-5-7-11-17/h13,16H,4-12H2,1-3H3,(H,18,19). The lowest BCUT2D eigenvalue weighted by Crippen LogP contribution is -2.52. The third kappa shape index (κ3) is 5.91. The van der Waals surface area contributed by atoms with Gasteiger partial charge in [-0.1, -0.05) is 12.8 Å². The highest BCUT2D eigenvalue weighted by molar-refractivity contribution is 5.78. The van der Waals surface area contributed by atoms with Crippen molar-refractivity contribution in [2.75, 3.05) is 19.6 Å². The van der Waals surface area contributed by atoms with Crippen LogP contribution in [0, 0.1) is 0 Å². The molecule has 1 aliphatic heterocycles. The average Bonchev–Trinajstić information content (AvgIpc) is 2.56. The van der Waals surface area contributed by atoms with E-state index in [1.165, 1.54) is 38.8 Å². The van der Waals surface area contributed by atoms with Gasteiger partial charge in [0.1, 0.15) is 5.54 Å². The zero-order valence-corrected chi connectivity index (χ0v) is 12.7. The van der Waals surface area contributed by atoms with Crippen LogP contribution in [0.4, 0.5) is 0 Å². The fourth-order valence-corrected chi connectivity index (χ4v) is 2.89. The fourth-order valence-electron chi connectivity index (χ4n) is 2.89. The summed E-state index contributed by atoms with van der Waals surface area (Å²) in [6.45, 7) is 9.19. The Hall–Kier alpha value is -0.610. The highest BCUT2D eigenvalue weighted by Crippen LogP contribution is 2.16. The molecule has 0 aromatic heterocycles. The van der Waals surface area contributed by atoms with Crippen molar-refractivity contribution >= 4 is 5.97 Å². The molecule has 1 heterocycles. The van der Waals surface area contributed by atoms with Crippen LogP contribution in [0.15, 0.2) is 0 Å². The van der Waals surface area contributed by atoms with Crippen molar-refractivity contribution in [1.82, 2.24) is 10.2 Å². The highest BCUT2D eigenvalue weighted by atomic mass is 16.4. The quantitative estimate of drug-likeness (QED) is 0.746. The lowest BCUT2D eigenvalue weighted by Gasteiger charge is -2.30. The molecule has 19 heavy (non-hydrogen) atoms. The number of carbonyl (C=O) groups is 1. The SMILES string of the molecule is CC(C)NC(C)(CCCN1CCCCCC1)C(=O)O. The minimum Gasteiger partial charge on any atom is -0.480 e. The van der Waals surface area contributed by atoms with Gasteiger partial charge in [0.2, 0.25) is 0 Å². The van der Waals surface area contributed by atoms with Crippen LogP contribution in [0.2, 0.25) is 0 Å². The molecule has 0 aromatic rings. The van der Waals surface area contributed by atoms with Gasteiger partial charge in [0, 0.05) is 6.04 Å². The van der Waals surface area contributed by atoms with Gasteiger partial charge in [0.15, 0.2) is 0 Å². The van der Waals surface area contributed by atoms with E-state index in [0.717, 1.165) is 13.0 Å². The monoisotopic (exact) mass is 270 g/mol. The second kappa shape index (κ2) is 7.85. The number of carboxylic acid groups (broad SMARTS) is 1. The average molecular weight is 270 g/mol. The Morgan fingerprint density at radius 3 is 2.32 bits per heavy atom. The summed E-state index contributed by atoms with van der Waals surface area (Å²) < 4.78 is 0. The van der Waals surface area contributed by atoms with Gasteiger partial charge < -0.3 is 10.0 Å². The first-order valence-corrected chi connectivity index (χ1v) is 7.67. The van der Waals surface area contributed by atoms with Crippen LogP contribution in [-0.2, 0) is 4.79 Å². The predicted octanol–water partition coefficient (Wildman–Crippen LogP) is 2.48. The van der Waals surface area contributed by atoms with E-state index < -0.39 is 11.5 Å². The zero-order valence-electron chi connectivity index (χ0n) is 12.7. The molecule has 1 aliphatic rings. The van der Waals surface area contributed by atoms with Crippen LogP contribution in [0.25, 0.3) is 0 Å². The Kier molecular flexibility index (Phi) is 6.80. The Labute approximate surface area is 117 Å². The molecule has 0 radical (unpaired) electrons. The van der Waals surface area contributed by atoms with Crippen molar-refractivity contribution < 1.29 is 9.90 Å². The summed E-state index contributed by atoms with van der Waals surface area (Å²) in [6, 6.07) is 0.194. The molecule has 2 N–H and O–H groups in total. The Morgan fingerprint density at radius 2 is 1.84 bits per heavy atom. The third-order valence-electron chi connectivity index (χ3n) is 3.93. The molecular formula is C15H30N2O2. The summed E-state index contributed by atoms with van der Waals surface area (Å²) >= 11 is 0. The second-order valence-corrected chi connectivity index (χ2v) is 6.30. The van der Waals surface area contributed by atoms with E-state index in [0.29, 0.717) is 6.42 Å². The van der Waals surface area contributed by atoms with Crippen LogP contribution in [0.3, 0.4) is 0 Å². The van der Waals surface area contributed by atoms with E-state index in [9.17, 15) is 9.90 Å². The molecule has 4 heteroatoms. The number of hydrogen-bond donors (Lipinski definition) is 2. The fraction of sp³-hybridized carbons (Fsp3) is 0.933. The number of nitrogens with one attached hydrogen (secondary N) is 1. The number of likely N-dealkylation sites (tertiary alicyclic amines) is 1. The summed E-state index contributed by atoms with van der Waals surface area (Å²) in [5.41, 5.74) is -0.792. The van der Waals surface area contributed by atoms with Crippen LogP contribution >= 0.6 is 0 Å². The molecule has 0 aromatic carbocycles. The summed E-state index contributed by atoms with van der Waals surface area (Å²) in [4.78, 5) is 13.9. The van der Waals surface area contributed by atoms with Crippen molar-refractivity contribution in [1.29, 1.82) is 0 Å². The predicted molar refractivity (Wildman–Crippen MR) is 78.5 cm³/mol. The van der Waals surface area contributed by atoms with Crippen molar-refractivity contribution in [2.24, 2.45) is 0 Å². The Balaban J connectivity index is 2.37. The van der Waals surface area contributed by atoms with E-state index in [2.05, 4.69) is 10.2 Å². The molecule has 0 amide bonds. The molecule has 4 nitrogen and oxygen atoms in total. The van der Waals surface area contributed by atoms with Gasteiger partial charge in [-0.2, -0.15) is 0 Å². The molecule has 0 aliphatic carbocycles. The van der Waals surface area contributed by atoms with Gasteiger partial charge in [0.05, 0.1) is 0 Å². The number of nitrogens with zero attached hydrogens (tertiary/aromatic N) is 1. The molecule has 1 rings (SSSR count). The molecule has 0 spiro atoms. The van der Waals surface area contributed by atoms with Gasteiger partial charge in [-0.05, 0) is 66.1 Å². The van der Waals surface area contributed by atoms with Gasteiger partial charge in [-0.25, -0.2) is 0 Å². The lowest BCUT2D eigenvalue weighted by atomic mass is 9.94. The van der Waals surface area contributed by atoms with Crippen molar-refractivity contribution in [3.8, 4) is 0 Å². The summed E-state index contributed by atoms with van der Waals surface area (Å²) in [7, 11) is 0. The second-order valence-electron chi connectivity index (χ2n) is 6.30. The van der Waals surface area contributed by atoms with E-state index in [1.54, 1.807) is 6.92 Å². The minimum absolute atomic E-state index is 0.194. The molecule has 1 saturated heterocycles. The number of aliphatic carboxylic acids is 1. The molecule has 112 valence electrons. The Morgan fingerprint density at radius 1 is 1.26 bits per heavy atom. The van der Waals surface area contributed by atoms with Crippen LogP contribution in [0.1, 0.15) is 59.3 Å². The number of carboxylic acids is 1. The van der Waals surface area contributed by atoms with Crippen LogP contribution in [0.5, 0.6) is 0 Å². The van der Waals surface area contributed by atoms with Crippen molar-refractivity contribution in [3.05, 3.63) is 0 Å². The lowest BCUT2D eigenvalue weighted by molar-refractivity contribution is -0.144. The van der Waals surface area contributed by atoms with Crippen molar-refractivity contribution in [3.63, 3.8) is 0 Å². The zero-order chi connectivity index (χ0) is 14.3. The van der Waals surface area contributed by atoms with Crippen LogP contribution < -0.4 is 5.32 Å². The van der Waals surface area contributed by atoms with Gasteiger partial charge >= 0.3 is 5.97 Å². The van der Waals surface area contributed by atoms with E-state index in [-0.39, 0.29) is 6.04 Å². The first-order valence-electron chi connectivity index (χ1n) is 7.67. The number of rotatable bonds is 7. The molecule has 1 fully saturated rings. The first-order chi connectivity index (χ1) is 8.94.